The minimum atomic E-state index is -0.550. The van der Waals surface area contributed by atoms with Crippen molar-refractivity contribution in [2.24, 2.45) is 5.92 Å². The van der Waals surface area contributed by atoms with Crippen LogP contribution in [0, 0.1) is 5.92 Å². The number of benzene rings is 1. The molecule has 0 fully saturated rings. The van der Waals surface area contributed by atoms with Gasteiger partial charge in [0, 0.05) is 13.0 Å². The van der Waals surface area contributed by atoms with Crippen molar-refractivity contribution in [3.8, 4) is 0 Å². The van der Waals surface area contributed by atoms with Gasteiger partial charge in [-0.2, -0.15) is 0 Å². The van der Waals surface area contributed by atoms with Crippen LogP contribution in [0.5, 0.6) is 0 Å². The summed E-state index contributed by atoms with van der Waals surface area (Å²) < 4.78 is 0. The third-order valence-electron chi connectivity index (χ3n) is 4.31. The van der Waals surface area contributed by atoms with Crippen LogP contribution in [0.1, 0.15) is 35.8 Å². The van der Waals surface area contributed by atoms with Gasteiger partial charge in [-0.25, -0.2) is 4.98 Å². The summed E-state index contributed by atoms with van der Waals surface area (Å²) in [6.45, 7) is 4.38. The first kappa shape index (κ1) is 19.1. The Morgan fingerprint density at radius 2 is 2.00 bits per heavy atom. The number of fused-ring (bicyclic) bond motifs is 1. The fourth-order valence-corrected chi connectivity index (χ4v) is 3.48. The summed E-state index contributed by atoms with van der Waals surface area (Å²) >= 11 is 1.36. The highest BCUT2D eigenvalue weighted by atomic mass is 32.1. The van der Waals surface area contributed by atoms with E-state index in [4.69, 9.17) is 0 Å². The lowest BCUT2D eigenvalue weighted by Crippen LogP contribution is -2.49. The van der Waals surface area contributed by atoms with Gasteiger partial charge in [0.2, 0.25) is 5.91 Å². The average molecular weight is 385 g/mol. The average Bonchev–Trinajstić information content (AvgIpc) is 3.31. The molecule has 3 N–H and O–H groups in total. The van der Waals surface area contributed by atoms with Gasteiger partial charge < -0.3 is 15.6 Å². The molecular weight excluding hydrogens is 360 g/mol. The van der Waals surface area contributed by atoms with E-state index in [1.165, 1.54) is 11.3 Å². The van der Waals surface area contributed by atoms with Gasteiger partial charge in [-0.3, -0.25) is 9.59 Å². The van der Waals surface area contributed by atoms with Crippen molar-refractivity contribution >= 4 is 34.2 Å². The number of rotatable bonds is 8. The Balaban J connectivity index is 1.48. The highest BCUT2D eigenvalue weighted by molar-refractivity contribution is 7.12. The van der Waals surface area contributed by atoms with Crippen molar-refractivity contribution in [1.29, 1.82) is 0 Å². The number of H-pyrrole nitrogens is 1. The Kier molecular flexibility index (Phi) is 6.24. The monoisotopic (exact) mass is 384 g/mol. The molecular formula is C20H24N4O2S. The number of carbonyl (C=O) groups is 2. The first-order chi connectivity index (χ1) is 13.0. The van der Waals surface area contributed by atoms with Gasteiger partial charge >= 0.3 is 0 Å². The van der Waals surface area contributed by atoms with Gasteiger partial charge in [0.15, 0.2) is 0 Å². The van der Waals surface area contributed by atoms with Crippen LogP contribution in [0.4, 0.5) is 0 Å². The number of thiophene rings is 1. The highest BCUT2D eigenvalue weighted by Gasteiger charge is 2.24. The molecule has 2 heterocycles. The second-order valence-electron chi connectivity index (χ2n) is 6.77. The lowest BCUT2D eigenvalue weighted by Gasteiger charge is -2.21. The summed E-state index contributed by atoms with van der Waals surface area (Å²) in [6.07, 6.45) is 1.53. The molecule has 3 aromatic rings. The lowest BCUT2D eigenvalue weighted by molar-refractivity contribution is -0.123. The number of amides is 2. The summed E-state index contributed by atoms with van der Waals surface area (Å²) in [6, 6.07) is 10.9. The standard InChI is InChI=1S/C20H24N4O2S/c1-13(2)18(24-19(25)16-9-6-12-27-16)20(26)21-11-5-10-17-22-14-7-3-4-8-15(14)23-17/h3-4,6-9,12-13,18H,5,10-11H2,1-2H3,(H,21,26)(H,22,23)(H,24,25)/t18-/m1/s1. The topological polar surface area (TPSA) is 86.9 Å². The minimum Gasteiger partial charge on any atom is -0.354 e. The molecule has 142 valence electrons. The number of aryl methyl sites for hydroxylation is 1. The van der Waals surface area contributed by atoms with Crippen LogP contribution in [-0.4, -0.2) is 34.4 Å². The molecule has 6 nitrogen and oxygen atoms in total. The van der Waals surface area contributed by atoms with Crippen molar-refractivity contribution in [2.45, 2.75) is 32.7 Å². The maximum Gasteiger partial charge on any atom is 0.262 e. The van der Waals surface area contributed by atoms with Gasteiger partial charge in [-0.05, 0) is 35.9 Å². The Hall–Kier alpha value is -2.67. The molecule has 0 aliphatic heterocycles. The molecule has 27 heavy (non-hydrogen) atoms. The van der Waals surface area contributed by atoms with Gasteiger partial charge in [0.1, 0.15) is 11.9 Å². The predicted octanol–water partition coefficient (Wildman–Crippen LogP) is 3.13. The summed E-state index contributed by atoms with van der Waals surface area (Å²) in [5.74, 6) is 0.557. The zero-order chi connectivity index (χ0) is 19.2. The smallest absolute Gasteiger partial charge is 0.262 e. The molecule has 0 radical (unpaired) electrons. The molecule has 2 aromatic heterocycles. The highest BCUT2D eigenvalue weighted by Crippen LogP contribution is 2.12. The third kappa shape index (κ3) is 4.95. The normalized spacial score (nSPS) is 12.3. The number of hydrogen-bond donors (Lipinski definition) is 3. The molecule has 0 aliphatic rings. The molecule has 2 amide bonds. The molecule has 0 saturated carbocycles. The second kappa shape index (κ2) is 8.81. The fourth-order valence-electron chi connectivity index (χ4n) is 2.86. The van der Waals surface area contributed by atoms with Crippen molar-refractivity contribution in [3.63, 3.8) is 0 Å². The van der Waals surface area contributed by atoms with Crippen LogP contribution >= 0.6 is 11.3 Å². The Morgan fingerprint density at radius 1 is 1.19 bits per heavy atom. The van der Waals surface area contributed by atoms with Crippen LogP contribution in [0.3, 0.4) is 0 Å². The number of para-hydroxylation sites is 2. The van der Waals surface area contributed by atoms with Gasteiger partial charge in [0.25, 0.3) is 5.91 Å². The Bertz CT molecular complexity index is 869. The van der Waals surface area contributed by atoms with E-state index in [2.05, 4.69) is 20.6 Å². The van der Waals surface area contributed by atoms with Crippen LogP contribution < -0.4 is 10.6 Å². The number of imidazole rings is 1. The zero-order valence-corrected chi connectivity index (χ0v) is 16.3. The molecule has 0 unspecified atom stereocenters. The van der Waals surface area contributed by atoms with Crippen molar-refractivity contribution in [1.82, 2.24) is 20.6 Å². The van der Waals surface area contributed by atoms with E-state index in [1.54, 1.807) is 6.07 Å². The molecule has 1 atom stereocenters. The van der Waals surface area contributed by atoms with Gasteiger partial charge in [-0.1, -0.05) is 32.0 Å². The number of nitrogens with zero attached hydrogens (tertiary/aromatic N) is 1. The summed E-state index contributed by atoms with van der Waals surface area (Å²) in [4.78, 5) is 33.2. The summed E-state index contributed by atoms with van der Waals surface area (Å²) in [5.41, 5.74) is 1.97. The summed E-state index contributed by atoms with van der Waals surface area (Å²) in [7, 11) is 0. The quantitative estimate of drug-likeness (QED) is 0.522. The van der Waals surface area contributed by atoms with Gasteiger partial charge in [-0.15, -0.1) is 11.3 Å². The molecule has 0 bridgehead atoms. The molecule has 0 spiro atoms. The Morgan fingerprint density at radius 3 is 2.70 bits per heavy atom. The third-order valence-corrected chi connectivity index (χ3v) is 5.18. The van der Waals surface area contributed by atoms with E-state index in [1.807, 2.05) is 49.6 Å². The zero-order valence-electron chi connectivity index (χ0n) is 15.5. The number of aromatic nitrogens is 2. The molecule has 1 aromatic carbocycles. The van der Waals surface area contributed by atoms with E-state index in [0.717, 1.165) is 29.7 Å². The fraction of sp³-hybridized carbons (Fsp3) is 0.350. The lowest BCUT2D eigenvalue weighted by atomic mass is 10.0. The van der Waals surface area contributed by atoms with Crippen molar-refractivity contribution in [3.05, 3.63) is 52.5 Å². The number of aromatic amines is 1. The maximum atomic E-state index is 12.5. The molecule has 7 heteroatoms. The number of carbonyl (C=O) groups excluding carboxylic acids is 2. The van der Waals surface area contributed by atoms with Crippen molar-refractivity contribution < 1.29 is 9.59 Å². The van der Waals surface area contributed by atoms with Crippen LogP contribution in [-0.2, 0) is 11.2 Å². The first-order valence-corrected chi connectivity index (χ1v) is 9.98. The van der Waals surface area contributed by atoms with E-state index in [9.17, 15) is 9.59 Å². The largest absolute Gasteiger partial charge is 0.354 e. The molecule has 0 saturated heterocycles. The van der Waals surface area contributed by atoms with Gasteiger partial charge in [0.05, 0.1) is 15.9 Å². The van der Waals surface area contributed by atoms with Crippen LogP contribution in [0.25, 0.3) is 11.0 Å². The number of hydrogen-bond acceptors (Lipinski definition) is 4. The van der Waals surface area contributed by atoms with E-state index < -0.39 is 6.04 Å². The Labute approximate surface area is 162 Å². The van der Waals surface area contributed by atoms with Crippen molar-refractivity contribution in [2.75, 3.05) is 6.54 Å². The minimum absolute atomic E-state index is 0.00397. The predicted molar refractivity (Wildman–Crippen MR) is 108 cm³/mol. The number of nitrogens with one attached hydrogen (secondary N) is 3. The summed E-state index contributed by atoms with van der Waals surface area (Å²) in [5, 5.41) is 7.61. The second-order valence-corrected chi connectivity index (χ2v) is 7.72. The molecule has 3 rings (SSSR count). The van der Waals surface area contributed by atoms with Crippen LogP contribution in [0.2, 0.25) is 0 Å². The van der Waals surface area contributed by atoms with E-state index >= 15 is 0 Å². The van der Waals surface area contributed by atoms with E-state index in [-0.39, 0.29) is 17.7 Å². The van der Waals surface area contributed by atoms with Crippen LogP contribution in [0.15, 0.2) is 41.8 Å². The maximum absolute atomic E-state index is 12.5. The van der Waals surface area contributed by atoms with E-state index in [0.29, 0.717) is 11.4 Å². The SMILES string of the molecule is CC(C)[C@@H](NC(=O)c1cccs1)C(=O)NCCCc1nc2ccccc2[nH]1. The molecule has 0 aliphatic carbocycles. The first-order valence-electron chi connectivity index (χ1n) is 9.10.